The van der Waals surface area contributed by atoms with Crippen molar-refractivity contribution >= 4 is 11.6 Å². The number of benzene rings is 2. The lowest BCUT2D eigenvalue weighted by atomic mass is 10.1. The van der Waals surface area contributed by atoms with E-state index in [0.717, 1.165) is 24.3 Å². The highest BCUT2D eigenvalue weighted by Gasteiger charge is 2.11. The third kappa shape index (κ3) is 3.82. The van der Waals surface area contributed by atoms with Crippen molar-refractivity contribution < 1.29 is 18.5 Å². The first kappa shape index (κ1) is 14.6. The fraction of sp³-hybridized carbons (Fsp3) is 0.0714. The molecule has 0 aliphatic heterocycles. The van der Waals surface area contributed by atoms with Gasteiger partial charge in [0.05, 0.1) is 4.92 Å². The van der Waals surface area contributed by atoms with Gasteiger partial charge in [-0.1, -0.05) is 6.07 Å². The molecule has 21 heavy (non-hydrogen) atoms. The molecule has 108 valence electrons. The maximum atomic E-state index is 13.0. The first-order valence-corrected chi connectivity index (χ1v) is 5.93. The second-order valence-corrected chi connectivity index (χ2v) is 4.27. The molecule has 0 aromatic heterocycles. The Hall–Kier alpha value is -2.83. The zero-order valence-electron chi connectivity index (χ0n) is 10.7. The monoisotopic (exact) mass is 292 g/mol. The molecule has 7 heteroatoms. The number of nitrogens with zero attached hydrogens (tertiary/aromatic N) is 1. The van der Waals surface area contributed by atoms with Crippen molar-refractivity contribution in [2.75, 3.05) is 0 Å². The van der Waals surface area contributed by atoms with Gasteiger partial charge in [0.15, 0.2) is 0 Å². The van der Waals surface area contributed by atoms with Gasteiger partial charge in [0.1, 0.15) is 11.6 Å². The molecule has 0 fully saturated rings. The highest BCUT2D eigenvalue weighted by atomic mass is 19.1. The molecule has 0 radical (unpaired) electrons. The number of carbonyl (C=O) groups excluding carboxylic acids is 1. The number of amides is 1. The van der Waals surface area contributed by atoms with Crippen molar-refractivity contribution in [3.63, 3.8) is 0 Å². The van der Waals surface area contributed by atoms with Crippen LogP contribution in [-0.4, -0.2) is 10.8 Å². The van der Waals surface area contributed by atoms with E-state index in [-0.39, 0.29) is 23.4 Å². The predicted octanol–water partition coefficient (Wildman–Crippen LogP) is 2.80. The molecule has 2 aromatic carbocycles. The third-order valence-corrected chi connectivity index (χ3v) is 2.69. The van der Waals surface area contributed by atoms with Gasteiger partial charge in [-0.2, -0.15) is 0 Å². The van der Waals surface area contributed by atoms with E-state index in [1.165, 1.54) is 18.2 Å². The number of hydrogen-bond donors (Lipinski definition) is 1. The summed E-state index contributed by atoms with van der Waals surface area (Å²) in [5.74, 6) is -2.05. The van der Waals surface area contributed by atoms with Crippen LogP contribution in [0.1, 0.15) is 15.9 Å². The lowest BCUT2D eigenvalue weighted by molar-refractivity contribution is -0.384. The van der Waals surface area contributed by atoms with Crippen LogP contribution in [0.4, 0.5) is 14.5 Å². The predicted molar refractivity (Wildman–Crippen MR) is 70.6 cm³/mol. The Kier molecular flexibility index (Phi) is 4.22. The van der Waals surface area contributed by atoms with Gasteiger partial charge in [-0.15, -0.1) is 0 Å². The minimum absolute atomic E-state index is 0.0871. The molecule has 1 N–H and O–H groups in total. The first-order chi connectivity index (χ1) is 9.95. The summed E-state index contributed by atoms with van der Waals surface area (Å²) in [5.41, 5.74) is 0.145. The second kappa shape index (κ2) is 6.08. The molecule has 0 aliphatic rings. The molecule has 2 aromatic rings. The molecule has 0 spiro atoms. The number of nitro groups is 1. The number of halogens is 2. The Balaban J connectivity index is 2.08. The van der Waals surface area contributed by atoms with Crippen LogP contribution >= 0.6 is 0 Å². The molecule has 0 unspecified atom stereocenters. The standard InChI is InChI=1S/C14H10F2N2O3/c15-11-4-9(5-12(16)7-11)8-17-14(19)10-2-1-3-13(6-10)18(20)21/h1-7H,8H2,(H,17,19). The van der Waals surface area contributed by atoms with Gasteiger partial charge in [-0.3, -0.25) is 14.9 Å². The summed E-state index contributed by atoms with van der Waals surface area (Å²) in [6, 6.07) is 8.10. The van der Waals surface area contributed by atoms with Crippen LogP contribution in [-0.2, 0) is 6.54 Å². The smallest absolute Gasteiger partial charge is 0.270 e. The maximum Gasteiger partial charge on any atom is 0.270 e. The summed E-state index contributed by atoms with van der Waals surface area (Å²) in [5, 5.41) is 13.1. The number of nitro benzene ring substituents is 1. The number of nitrogens with one attached hydrogen (secondary N) is 1. The van der Waals surface area contributed by atoms with Crippen LogP contribution in [0.25, 0.3) is 0 Å². The van der Waals surface area contributed by atoms with Crippen molar-refractivity contribution in [2.24, 2.45) is 0 Å². The van der Waals surface area contributed by atoms with Gasteiger partial charge in [0, 0.05) is 30.3 Å². The Morgan fingerprint density at radius 1 is 1.14 bits per heavy atom. The molecule has 0 saturated heterocycles. The summed E-state index contributed by atoms with van der Waals surface area (Å²) >= 11 is 0. The zero-order chi connectivity index (χ0) is 15.4. The number of hydrogen-bond acceptors (Lipinski definition) is 3. The minimum atomic E-state index is -0.741. The lowest BCUT2D eigenvalue weighted by Gasteiger charge is -2.06. The average Bonchev–Trinajstić information content (AvgIpc) is 2.44. The fourth-order valence-electron chi connectivity index (χ4n) is 1.76. The third-order valence-electron chi connectivity index (χ3n) is 2.69. The topological polar surface area (TPSA) is 72.2 Å². The quantitative estimate of drug-likeness (QED) is 0.695. The van der Waals surface area contributed by atoms with E-state index in [2.05, 4.69) is 5.32 Å². The van der Waals surface area contributed by atoms with Crippen LogP contribution in [0.15, 0.2) is 42.5 Å². The molecule has 2 rings (SSSR count). The highest BCUT2D eigenvalue weighted by Crippen LogP contribution is 2.13. The van der Waals surface area contributed by atoms with E-state index in [9.17, 15) is 23.7 Å². The summed E-state index contributed by atoms with van der Waals surface area (Å²) in [6.07, 6.45) is 0. The molecule has 0 bridgehead atoms. The van der Waals surface area contributed by atoms with Crippen LogP contribution in [0.2, 0.25) is 0 Å². The van der Waals surface area contributed by atoms with E-state index in [4.69, 9.17) is 0 Å². The lowest BCUT2D eigenvalue weighted by Crippen LogP contribution is -2.23. The normalized spacial score (nSPS) is 10.2. The van der Waals surface area contributed by atoms with Crippen LogP contribution < -0.4 is 5.32 Å². The van der Waals surface area contributed by atoms with Crippen molar-refractivity contribution in [3.05, 3.63) is 75.3 Å². The number of carbonyl (C=O) groups is 1. The van der Waals surface area contributed by atoms with Crippen molar-refractivity contribution in [2.45, 2.75) is 6.54 Å². The van der Waals surface area contributed by atoms with Gasteiger partial charge in [-0.25, -0.2) is 8.78 Å². The van der Waals surface area contributed by atoms with E-state index in [0.29, 0.717) is 0 Å². The molecule has 0 atom stereocenters. The Morgan fingerprint density at radius 3 is 2.43 bits per heavy atom. The molecular formula is C14H10F2N2O3. The zero-order valence-corrected chi connectivity index (χ0v) is 10.7. The second-order valence-electron chi connectivity index (χ2n) is 4.27. The fourth-order valence-corrected chi connectivity index (χ4v) is 1.76. The molecule has 1 amide bonds. The van der Waals surface area contributed by atoms with Crippen molar-refractivity contribution in [1.29, 1.82) is 0 Å². The summed E-state index contributed by atoms with van der Waals surface area (Å²) in [4.78, 5) is 21.8. The Labute approximate surface area is 118 Å². The summed E-state index contributed by atoms with van der Waals surface area (Å²) < 4.78 is 26.0. The van der Waals surface area contributed by atoms with E-state index < -0.39 is 22.5 Å². The Bertz CT molecular complexity index is 684. The van der Waals surface area contributed by atoms with E-state index in [1.807, 2.05) is 0 Å². The van der Waals surface area contributed by atoms with Gasteiger partial charge >= 0.3 is 0 Å². The van der Waals surface area contributed by atoms with Gasteiger partial charge in [0.25, 0.3) is 11.6 Å². The Morgan fingerprint density at radius 2 is 1.81 bits per heavy atom. The SMILES string of the molecule is O=C(NCc1cc(F)cc(F)c1)c1cccc([N+](=O)[O-])c1. The minimum Gasteiger partial charge on any atom is -0.348 e. The van der Waals surface area contributed by atoms with Gasteiger partial charge < -0.3 is 5.32 Å². The van der Waals surface area contributed by atoms with Gasteiger partial charge in [-0.05, 0) is 23.8 Å². The molecule has 0 heterocycles. The largest absolute Gasteiger partial charge is 0.348 e. The summed E-state index contributed by atoms with van der Waals surface area (Å²) in [7, 11) is 0. The average molecular weight is 292 g/mol. The summed E-state index contributed by atoms with van der Waals surface area (Å²) in [6.45, 7) is -0.0871. The molecular weight excluding hydrogens is 282 g/mol. The van der Waals surface area contributed by atoms with Crippen LogP contribution in [0.3, 0.4) is 0 Å². The maximum absolute atomic E-state index is 13.0. The number of non-ortho nitro benzene ring substituents is 1. The number of rotatable bonds is 4. The van der Waals surface area contributed by atoms with E-state index in [1.54, 1.807) is 0 Å². The highest BCUT2D eigenvalue weighted by molar-refractivity contribution is 5.94. The van der Waals surface area contributed by atoms with Crippen molar-refractivity contribution in [1.82, 2.24) is 5.32 Å². The van der Waals surface area contributed by atoms with Gasteiger partial charge in [0.2, 0.25) is 0 Å². The van der Waals surface area contributed by atoms with Crippen LogP contribution in [0.5, 0.6) is 0 Å². The first-order valence-electron chi connectivity index (χ1n) is 5.93. The van der Waals surface area contributed by atoms with E-state index >= 15 is 0 Å². The molecule has 0 saturated carbocycles. The molecule has 5 nitrogen and oxygen atoms in total. The molecule has 0 aliphatic carbocycles. The van der Waals surface area contributed by atoms with Crippen molar-refractivity contribution in [3.8, 4) is 0 Å². The van der Waals surface area contributed by atoms with Crippen LogP contribution in [0, 0.1) is 21.7 Å².